The van der Waals surface area contributed by atoms with Crippen LogP contribution >= 0.6 is 0 Å². The van der Waals surface area contributed by atoms with Gasteiger partial charge in [0.2, 0.25) is 0 Å². The van der Waals surface area contributed by atoms with Crippen LogP contribution in [0.25, 0.3) is 0 Å². The zero-order valence-corrected chi connectivity index (χ0v) is 4.24. The first-order valence-corrected chi connectivity index (χ1v) is 1.40. The molecular weight excluding hydrogens is 118 g/mol. The SMILES string of the molecule is [O]=[AlH].[O]=[Ni]. The number of rotatable bonds is 0. The van der Waals surface area contributed by atoms with Crippen LogP contribution in [0.4, 0.5) is 0 Å². The number of hydrogen-bond donors (Lipinski definition) is 0. The molecule has 0 atom stereocenters. The standard InChI is InChI=1S/Al.Ni.2O.H. The monoisotopic (exact) mass is 118 g/mol. The molecule has 0 aromatic carbocycles. The van der Waals surface area contributed by atoms with Crippen molar-refractivity contribution in [2.24, 2.45) is 0 Å². The molecular formula is HAlNiO2. The van der Waals surface area contributed by atoms with Crippen LogP contribution in [0.2, 0.25) is 0 Å². The van der Waals surface area contributed by atoms with Crippen LogP contribution in [0.3, 0.4) is 0 Å². The van der Waals surface area contributed by atoms with Gasteiger partial charge in [-0.3, -0.25) is 0 Å². The summed E-state index contributed by atoms with van der Waals surface area (Å²) >= 11 is 3.24. The van der Waals surface area contributed by atoms with E-state index < -0.39 is 0 Å². The van der Waals surface area contributed by atoms with Gasteiger partial charge in [-0.2, -0.15) is 0 Å². The zero-order valence-electron chi connectivity index (χ0n) is 1.84. The maximum atomic E-state index is 8.28. The summed E-state index contributed by atoms with van der Waals surface area (Å²) in [5.74, 6) is 0. The summed E-state index contributed by atoms with van der Waals surface area (Å²) in [7, 11) is 0. The summed E-state index contributed by atoms with van der Waals surface area (Å²) in [6.07, 6.45) is 0. The van der Waals surface area contributed by atoms with E-state index in [0.29, 0.717) is 16.2 Å². The fourth-order valence-electron chi connectivity index (χ4n) is 0. The van der Waals surface area contributed by atoms with Crippen molar-refractivity contribution in [3.8, 4) is 0 Å². The molecule has 0 amide bonds. The summed E-state index contributed by atoms with van der Waals surface area (Å²) < 4.78 is 16.2. The molecule has 26 valence electrons. The van der Waals surface area contributed by atoms with E-state index in [2.05, 4.69) is 15.4 Å². The third kappa shape index (κ3) is 17.7. The Balaban J connectivity index is 0. The van der Waals surface area contributed by atoms with Crippen LogP contribution in [0.1, 0.15) is 0 Å². The van der Waals surface area contributed by atoms with Crippen LogP contribution < -0.4 is 0 Å². The summed E-state index contributed by atoms with van der Waals surface area (Å²) in [6.45, 7) is 0. The fourth-order valence-corrected chi connectivity index (χ4v) is 0. The van der Waals surface area contributed by atoms with Gasteiger partial charge in [0.05, 0.1) is 0 Å². The van der Waals surface area contributed by atoms with E-state index in [1.165, 1.54) is 0 Å². The third-order valence-corrected chi connectivity index (χ3v) is 0. The van der Waals surface area contributed by atoms with Gasteiger partial charge in [0.25, 0.3) is 0 Å². The zero-order chi connectivity index (χ0) is 4.00. The van der Waals surface area contributed by atoms with Crippen molar-refractivity contribution in [3.63, 3.8) is 0 Å². The second kappa shape index (κ2) is 63.8. The molecule has 0 bridgehead atoms. The normalized spacial score (nSPS) is 2.25. The first kappa shape index (κ1) is 8.82. The maximum absolute atomic E-state index is 8.28. The molecule has 2 nitrogen and oxygen atoms in total. The molecule has 0 radical (unpaired) electrons. The second-order valence-electron chi connectivity index (χ2n) is 0. The predicted octanol–water partition coefficient (Wildman–Crippen LogP) is -0.889. The van der Waals surface area contributed by atoms with Crippen molar-refractivity contribution in [1.29, 1.82) is 0 Å². The second-order valence-corrected chi connectivity index (χ2v) is 0. The first-order chi connectivity index (χ1) is 2.00. The molecule has 0 unspecified atom stereocenters. The van der Waals surface area contributed by atoms with Crippen molar-refractivity contribution in [2.75, 3.05) is 0 Å². The van der Waals surface area contributed by atoms with Gasteiger partial charge in [0, 0.05) is 0 Å². The van der Waals surface area contributed by atoms with Gasteiger partial charge in [0.15, 0.2) is 0 Å². The third-order valence-electron chi connectivity index (χ3n) is 0. The molecule has 0 saturated carbocycles. The van der Waals surface area contributed by atoms with Gasteiger partial charge >= 0.3 is 39.3 Å². The molecule has 4 heteroatoms. The molecule has 0 aliphatic rings. The van der Waals surface area contributed by atoms with Crippen LogP contribution in [0.15, 0.2) is 0 Å². The molecule has 0 aliphatic carbocycles. The molecule has 0 heterocycles. The molecule has 0 N–H and O–H groups in total. The van der Waals surface area contributed by atoms with E-state index in [4.69, 9.17) is 7.70 Å². The van der Waals surface area contributed by atoms with Crippen molar-refractivity contribution in [2.45, 2.75) is 0 Å². The minimum atomic E-state index is 0.611. The van der Waals surface area contributed by atoms with Crippen molar-refractivity contribution in [1.82, 2.24) is 0 Å². The predicted molar refractivity (Wildman–Crippen MR) is 8.52 cm³/mol. The average Bonchev–Trinajstić information content (AvgIpc) is 1.50. The molecule has 0 rings (SSSR count). The van der Waals surface area contributed by atoms with E-state index in [1.807, 2.05) is 0 Å². The Labute approximate surface area is 39.8 Å². The Morgan fingerprint density at radius 2 is 1.25 bits per heavy atom. The van der Waals surface area contributed by atoms with Gasteiger partial charge in [-0.05, 0) is 0 Å². The minimum absolute atomic E-state index is 0.611. The van der Waals surface area contributed by atoms with Gasteiger partial charge < -0.3 is 0 Å². The van der Waals surface area contributed by atoms with Gasteiger partial charge in [-0.15, -0.1) is 0 Å². The molecule has 4 heavy (non-hydrogen) atoms. The van der Waals surface area contributed by atoms with E-state index in [1.54, 1.807) is 0 Å². The molecule has 0 aromatic heterocycles. The summed E-state index contributed by atoms with van der Waals surface area (Å²) in [4.78, 5) is 0. The van der Waals surface area contributed by atoms with Gasteiger partial charge in [0.1, 0.15) is 0 Å². The van der Waals surface area contributed by atoms with Gasteiger partial charge in [-0.25, -0.2) is 0 Å². The topological polar surface area (TPSA) is 34.1 Å². The molecule has 0 saturated heterocycles. The Kier molecular flexibility index (Phi) is 141. The average molecular weight is 119 g/mol. The van der Waals surface area contributed by atoms with Crippen LogP contribution in [-0.4, -0.2) is 16.2 Å². The van der Waals surface area contributed by atoms with Gasteiger partial charge in [-0.1, -0.05) is 0 Å². The first-order valence-electron chi connectivity index (χ1n) is 0.418. The van der Waals surface area contributed by atoms with E-state index in [-0.39, 0.29) is 0 Å². The number of hydrogen-bond acceptors (Lipinski definition) is 2. The Morgan fingerprint density at radius 3 is 1.25 bits per heavy atom. The van der Waals surface area contributed by atoms with Crippen LogP contribution in [0.5, 0.6) is 0 Å². The van der Waals surface area contributed by atoms with E-state index in [0.717, 1.165) is 0 Å². The van der Waals surface area contributed by atoms with Crippen LogP contribution in [-0.2, 0) is 23.1 Å². The van der Waals surface area contributed by atoms with Crippen LogP contribution in [0, 0.1) is 0 Å². The molecule has 0 fully saturated rings. The van der Waals surface area contributed by atoms with E-state index >= 15 is 0 Å². The quantitative estimate of drug-likeness (QED) is 0.387. The van der Waals surface area contributed by atoms with E-state index in [9.17, 15) is 0 Å². The molecule has 0 aromatic rings. The summed E-state index contributed by atoms with van der Waals surface area (Å²) in [6, 6.07) is 0. The summed E-state index contributed by atoms with van der Waals surface area (Å²) in [5, 5.41) is 0. The Bertz CT molecular complexity index is 8.00. The van der Waals surface area contributed by atoms with Crippen molar-refractivity contribution < 1.29 is 23.1 Å². The fraction of sp³-hybridized carbons (Fsp3) is 0. The Hall–Kier alpha value is 0.626. The molecule has 0 spiro atoms. The molecule has 0 aliphatic heterocycles. The summed E-state index contributed by atoms with van der Waals surface area (Å²) in [5.41, 5.74) is 0. The van der Waals surface area contributed by atoms with Crippen molar-refractivity contribution in [3.05, 3.63) is 0 Å². The van der Waals surface area contributed by atoms with Crippen molar-refractivity contribution >= 4 is 16.2 Å². The Morgan fingerprint density at radius 1 is 1.25 bits per heavy atom.